The first kappa shape index (κ1) is 20.5. The third-order valence-corrected chi connectivity index (χ3v) is 7.53. The first-order valence-electron chi connectivity index (χ1n) is 11.0. The molecule has 32 heavy (non-hydrogen) atoms. The van der Waals surface area contributed by atoms with Gasteiger partial charge in [0.2, 0.25) is 11.8 Å². The van der Waals surface area contributed by atoms with Gasteiger partial charge in [-0.05, 0) is 42.2 Å². The fourth-order valence-corrected chi connectivity index (χ4v) is 5.56. The van der Waals surface area contributed by atoms with Gasteiger partial charge in [-0.25, -0.2) is 4.98 Å². The molecule has 0 spiro atoms. The highest BCUT2D eigenvalue weighted by Crippen LogP contribution is 2.65. The molecule has 0 bridgehead atoms. The number of nitrogens with one attached hydrogen (secondary N) is 2. The number of fused-ring (bicyclic) bond motifs is 2. The SMILES string of the molecule is CC1(C)[C@@H]2[C@@H](C(=O)NC(C#N)C[C@@H]3CCNC3=O)N(C(=O)c3ccc4nccn4c3)C[C@@H]21. The van der Waals surface area contributed by atoms with Crippen molar-refractivity contribution >= 4 is 23.4 Å². The van der Waals surface area contributed by atoms with E-state index in [1.807, 2.05) is 0 Å². The van der Waals surface area contributed by atoms with Gasteiger partial charge in [0.15, 0.2) is 0 Å². The van der Waals surface area contributed by atoms with Gasteiger partial charge in [-0.1, -0.05) is 13.8 Å². The summed E-state index contributed by atoms with van der Waals surface area (Å²) in [6, 6.07) is 4.23. The Kier molecular flexibility index (Phi) is 4.69. The van der Waals surface area contributed by atoms with Crippen molar-refractivity contribution in [1.29, 1.82) is 5.26 Å². The van der Waals surface area contributed by atoms with Crippen LogP contribution in [-0.4, -0.2) is 57.2 Å². The molecule has 9 heteroatoms. The predicted octanol–water partition coefficient (Wildman–Crippen LogP) is 0.965. The van der Waals surface area contributed by atoms with Crippen LogP contribution in [0.1, 0.15) is 37.0 Å². The summed E-state index contributed by atoms with van der Waals surface area (Å²) in [6.07, 6.45) is 6.11. The Morgan fingerprint density at radius 1 is 1.41 bits per heavy atom. The predicted molar refractivity (Wildman–Crippen MR) is 114 cm³/mol. The Morgan fingerprint density at radius 3 is 2.94 bits per heavy atom. The number of piperidine rings is 1. The molecule has 2 saturated heterocycles. The number of hydrogen-bond acceptors (Lipinski definition) is 5. The first-order valence-corrected chi connectivity index (χ1v) is 11.0. The van der Waals surface area contributed by atoms with E-state index < -0.39 is 12.1 Å². The molecule has 3 aliphatic rings. The molecule has 5 rings (SSSR count). The molecule has 0 aromatic carbocycles. The maximum absolute atomic E-state index is 13.4. The number of aromatic nitrogens is 2. The van der Waals surface area contributed by atoms with Crippen LogP contribution in [0.2, 0.25) is 0 Å². The van der Waals surface area contributed by atoms with Crippen LogP contribution in [0.15, 0.2) is 30.7 Å². The van der Waals surface area contributed by atoms with Crippen molar-refractivity contribution < 1.29 is 14.4 Å². The molecule has 2 N–H and O–H groups in total. The zero-order valence-electron chi connectivity index (χ0n) is 18.1. The van der Waals surface area contributed by atoms with Crippen LogP contribution in [0.4, 0.5) is 0 Å². The highest BCUT2D eigenvalue weighted by Gasteiger charge is 2.69. The summed E-state index contributed by atoms with van der Waals surface area (Å²) in [5.74, 6) is -0.556. The van der Waals surface area contributed by atoms with Crippen LogP contribution < -0.4 is 10.6 Å². The summed E-state index contributed by atoms with van der Waals surface area (Å²) in [4.78, 5) is 44.5. The lowest BCUT2D eigenvalue weighted by Gasteiger charge is -2.31. The molecule has 1 unspecified atom stereocenters. The van der Waals surface area contributed by atoms with Gasteiger partial charge < -0.3 is 19.9 Å². The maximum Gasteiger partial charge on any atom is 0.256 e. The van der Waals surface area contributed by atoms with Crippen molar-refractivity contribution in [3.8, 4) is 6.07 Å². The topological polar surface area (TPSA) is 120 Å². The molecule has 3 fully saturated rings. The Bertz CT molecular complexity index is 1150. The standard InChI is InChI=1S/C23H26N6O3/c1-23(2)16-12-29(22(32)14-3-4-17-25-7-8-28(17)11-14)19(18(16)23)21(31)27-15(10-24)9-13-5-6-26-20(13)30/h3-4,7-8,11,13,15-16,18-19H,5-6,9,12H2,1-2H3,(H,26,30)(H,27,31)/t13-,15?,16-,18-,19-/m0/s1. The number of nitriles is 1. The van der Waals surface area contributed by atoms with Crippen LogP contribution in [0.3, 0.4) is 0 Å². The fourth-order valence-electron chi connectivity index (χ4n) is 5.56. The molecular weight excluding hydrogens is 408 g/mol. The van der Waals surface area contributed by atoms with Crippen LogP contribution in [0, 0.1) is 34.5 Å². The minimum atomic E-state index is -0.767. The van der Waals surface area contributed by atoms with Gasteiger partial charge in [0, 0.05) is 37.6 Å². The first-order chi connectivity index (χ1) is 15.3. The number of pyridine rings is 1. The van der Waals surface area contributed by atoms with Crippen LogP contribution >= 0.6 is 0 Å². The normalized spacial score (nSPS) is 28.7. The van der Waals surface area contributed by atoms with Gasteiger partial charge in [-0.3, -0.25) is 14.4 Å². The smallest absolute Gasteiger partial charge is 0.256 e. The Morgan fingerprint density at radius 2 is 2.22 bits per heavy atom. The second-order valence-corrected chi connectivity index (χ2v) is 9.67. The molecule has 2 aromatic rings. The third kappa shape index (κ3) is 3.22. The van der Waals surface area contributed by atoms with Gasteiger partial charge in [-0.2, -0.15) is 5.26 Å². The largest absolute Gasteiger partial charge is 0.356 e. The van der Waals surface area contributed by atoms with Gasteiger partial charge in [0.25, 0.3) is 5.91 Å². The second-order valence-electron chi connectivity index (χ2n) is 9.67. The monoisotopic (exact) mass is 434 g/mol. The summed E-state index contributed by atoms with van der Waals surface area (Å²) in [6.45, 7) is 5.34. The van der Waals surface area contributed by atoms with Gasteiger partial charge in [-0.15, -0.1) is 0 Å². The Hall–Kier alpha value is -3.41. The number of imidazole rings is 1. The Balaban J connectivity index is 1.35. The zero-order chi connectivity index (χ0) is 22.6. The average Bonchev–Trinajstić information content (AvgIpc) is 3.31. The van der Waals surface area contributed by atoms with Gasteiger partial charge in [0.1, 0.15) is 17.7 Å². The van der Waals surface area contributed by atoms with E-state index in [0.29, 0.717) is 25.1 Å². The van der Waals surface area contributed by atoms with Crippen molar-refractivity contribution in [2.45, 2.75) is 38.8 Å². The molecule has 1 aliphatic carbocycles. The third-order valence-electron chi connectivity index (χ3n) is 7.53. The number of rotatable bonds is 5. The number of likely N-dealkylation sites (tertiary alicyclic amines) is 1. The van der Waals surface area contributed by atoms with Crippen molar-refractivity contribution in [1.82, 2.24) is 24.9 Å². The highest BCUT2D eigenvalue weighted by atomic mass is 16.2. The molecule has 4 heterocycles. The second kappa shape index (κ2) is 7.33. The molecule has 1 saturated carbocycles. The van der Waals surface area contributed by atoms with E-state index in [1.54, 1.807) is 40.0 Å². The van der Waals surface area contributed by atoms with E-state index in [4.69, 9.17) is 0 Å². The van der Waals surface area contributed by atoms with E-state index in [9.17, 15) is 19.6 Å². The number of carbonyl (C=O) groups excluding carboxylic acids is 3. The van der Waals surface area contributed by atoms with E-state index in [1.165, 1.54) is 0 Å². The van der Waals surface area contributed by atoms with Crippen molar-refractivity contribution in [2.75, 3.05) is 13.1 Å². The van der Waals surface area contributed by atoms with Crippen molar-refractivity contribution in [3.63, 3.8) is 0 Å². The van der Waals surface area contributed by atoms with Gasteiger partial charge in [0.05, 0.1) is 11.6 Å². The lowest BCUT2D eigenvalue weighted by atomic mass is 9.97. The fraction of sp³-hybridized carbons (Fsp3) is 0.522. The highest BCUT2D eigenvalue weighted by molar-refractivity contribution is 5.98. The molecule has 9 nitrogen and oxygen atoms in total. The summed E-state index contributed by atoms with van der Waals surface area (Å²) >= 11 is 0. The molecular formula is C23H26N6O3. The molecule has 0 radical (unpaired) electrons. The minimum Gasteiger partial charge on any atom is -0.356 e. The van der Waals surface area contributed by atoms with Crippen molar-refractivity contribution in [3.05, 3.63) is 36.3 Å². The van der Waals surface area contributed by atoms with Crippen LogP contribution in [-0.2, 0) is 9.59 Å². The lowest BCUT2D eigenvalue weighted by molar-refractivity contribution is -0.127. The van der Waals surface area contributed by atoms with E-state index in [-0.39, 0.29) is 47.3 Å². The summed E-state index contributed by atoms with van der Waals surface area (Å²) < 4.78 is 1.78. The summed E-state index contributed by atoms with van der Waals surface area (Å²) in [7, 11) is 0. The zero-order valence-corrected chi connectivity index (χ0v) is 18.1. The summed E-state index contributed by atoms with van der Waals surface area (Å²) in [5.41, 5.74) is 1.21. The molecule has 166 valence electrons. The maximum atomic E-state index is 13.4. The van der Waals surface area contributed by atoms with Crippen molar-refractivity contribution in [2.24, 2.45) is 23.2 Å². The quantitative estimate of drug-likeness (QED) is 0.727. The van der Waals surface area contributed by atoms with E-state index in [0.717, 1.165) is 5.65 Å². The molecule has 2 aromatic heterocycles. The number of carbonyl (C=O) groups is 3. The minimum absolute atomic E-state index is 0.0272. The molecule has 5 atom stereocenters. The molecule has 2 aliphatic heterocycles. The number of nitrogens with zero attached hydrogens (tertiary/aromatic N) is 4. The lowest BCUT2D eigenvalue weighted by Crippen LogP contribution is -2.52. The molecule has 3 amide bonds. The number of amides is 3. The van der Waals surface area contributed by atoms with Crippen LogP contribution in [0.25, 0.3) is 5.65 Å². The van der Waals surface area contributed by atoms with Crippen LogP contribution in [0.5, 0.6) is 0 Å². The number of hydrogen-bond donors (Lipinski definition) is 2. The van der Waals surface area contributed by atoms with E-state index >= 15 is 0 Å². The Labute approximate surface area is 185 Å². The summed E-state index contributed by atoms with van der Waals surface area (Å²) in [5, 5.41) is 15.2. The van der Waals surface area contributed by atoms with Gasteiger partial charge >= 0.3 is 0 Å². The van der Waals surface area contributed by atoms with E-state index in [2.05, 4.69) is 35.5 Å². The average molecular weight is 435 g/mol.